The lowest BCUT2D eigenvalue weighted by molar-refractivity contribution is 0.0697. The van der Waals surface area contributed by atoms with Crippen LogP contribution in [0.4, 0.5) is 10.1 Å². The number of ether oxygens (including phenoxy) is 1. The summed E-state index contributed by atoms with van der Waals surface area (Å²) in [5.74, 6) is -1.10. The van der Waals surface area contributed by atoms with E-state index in [9.17, 15) is 14.3 Å². The Hall–Kier alpha value is -2.76. The number of rotatable bonds is 5. The number of methoxy groups -OCH3 is 1. The van der Waals surface area contributed by atoms with Gasteiger partial charge in [0.05, 0.1) is 18.4 Å². The lowest BCUT2D eigenvalue weighted by atomic mass is 10.1. The molecule has 0 heterocycles. The average molecular weight is 291 g/mol. The van der Waals surface area contributed by atoms with Gasteiger partial charge in [-0.15, -0.1) is 0 Å². The first-order valence-electron chi connectivity index (χ1n) is 6.14. The van der Waals surface area contributed by atoms with Crippen molar-refractivity contribution in [2.24, 2.45) is 0 Å². The third-order valence-corrected chi connectivity index (χ3v) is 2.97. The summed E-state index contributed by atoms with van der Waals surface area (Å²) in [6.07, 6.45) is 0. The van der Waals surface area contributed by atoms with Crippen LogP contribution in [0.1, 0.15) is 15.9 Å². The number of benzene rings is 2. The highest BCUT2D eigenvalue weighted by Gasteiger charge is 2.09. The SMILES string of the molecule is COc1ccc(O)c(CNc2cc(C(=O)O)ccc2F)c1. The Bertz CT molecular complexity index is 673. The molecule has 0 bridgehead atoms. The van der Waals surface area contributed by atoms with Gasteiger partial charge in [0.15, 0.2) is 0 Å². The van der Waals surface area contributed by atoms with Crippen molar-refractivity contribution >= 4 is 11.7 Å². The lowest BCUT2D eigenvalue weighted by Crippen LogP contribution is -2.04. The largest absolute Gasteiger partial charge is 0.508 e. The summed E-state index contributed by atoms with van der Waals surface area (Å²) >= 11 is 0. The van der Waals surface area contributed by atoms with Gasteiger partial charge < -0.3 is 20.3 Å². The summed E-state index contributed by atoms with van der Waals surface area (Å²) in [5, 5.41) is 21.4. The zero-order valence-corrected chi connectivity index (χ0v) is 11.3. The van der Waals surface area contributed by atoms with Gasteiger partial charge >= 0.3 is 5.97 Å². The number of aromatic hydroxyl groups is 1. The van der Waals surface area contributed by atoms with Gasteiger partial charge in [0, 0.05) is 12.1 Å². The summed E-state index contributed by atoms with van der Waals surface area (Å²) in [5.41, 5.74) is 0.542. The quantitative estimate of drug-likeness (QED) is 0.789. The molecule has 0 fully saturated rings. The van der Waals surface area contributed by atoms with E-state index < -0.39 is 11.8 Å². The minimum absolute atomic E-state index is 0.0197. The number of carboxylic acids is 1. The standard InChI is InChI=1S/C15H14FNO4/c1-21-11-3-5-14(18)10(6-11)8-17-13-7-9(15(19)20)2-4-12(13)16/h2-7,17-18H,8H2,1H3,(H,19,20). The van der Waals surface area contributed by atoms with Crippen molar-refractivity contribution in [1.82, 2.24) is 0 Å². The molecule has 5 nitrogen and oxygen atoms in total. The normalized spacial score (nSPS) is 10.2. The molecule has 0 atom stereocenters. The molecule has 0 aliphatic heterocycles. The minimum Gasteiger partial charge on any atom is -0.508 e. The average Bonchev–Trinajstić information content (AvgIpc) is 2.47. The van der Waals surface area contributed by atoms with E-state index in [4.69, 9.17) is 9.84 Å². The third kappa shape index (κ3) is 3.42. The second kappa shape index (κ2) is 6.13. The second-order valence-corrected chi connectivity index (χ2v) is 4.35. The molecule has 0 aliphatic rings. The number of aromatic carboxylic acids is 1. The summed E-state index contributed by atoms with van der Waals surface area (Å²) in [7, 11) is 1.50. The van der Waals surface area contributed by atoms with Crippen LogP contribution in [0.25, 0.3) is 0 Å². The molecular weight excluding hydrogens is 277 g/mol. The number of anilines is 1. The van der Waals surface area contributed by atoms with Crippen molar-refractivity contribution in [3.05, 3.63) is 53.3 Å². The molecule has 2 aromatic carbocycles. The zero-order valence-electron chi connectivity index (χ0n) is 11.3. The smallest absolute Gasteiger partial charge is 0.335 e. The van der Waals surface area contributed by atoms with Crippen molar-refractivity contribution in [3.8, 4) is 11.5 Å². The van der Waals surface area contributed by atoms with E-state index in [0.717, 1.165) is 6.07 Å². The Labute approximate surface area is 120 Å². The van der Waals surface area contributed by atoms with Gasteiger partial charge in [0.1, 0.15) is 17.3 Å². The maximum atomic E-state index is 13.6. The first kappa shape index (κ1) is 14.6. The number of nitrogens with one attached hydrogen (secondary N) is 1. The molecule has 0 aromatic heterocycles. The number of carboxylic acid groups (broad SMARTS) is 1. The van der Waals surface area contributed by atoms with Crippen LogP contribution in [0.2, 0.25) is 0 Å². The van der Waals surface area contributed by atoms with Crippen molar-refractivity contribution in [2.45, 2.75) is 6.54 Å². The molecule has 0 saturated carbocycles. The fourth-order valence-electron chi connectivity index (χ4n) is 1.81. The Morgan fingerprint density at radius 3 is 2.71 bits per heavy atom. The van der Waals surface area contributed by atoms with Gasteiger partial charge in [-0.1, -0.05) is 0 Å². The Morgan fingerprint density at radius 1 is 1.29 bits per heavy atom. The Kier molecular flexibility index (Phi) is 4.27. The van der Waals surface area contributed by atoms with Crippen LogP contribution in [0.15, 0.2) is 36.4 Å². The van der Waals surface area contributed by atoms with E-state index in [1.54, 1.807) is 12.1 Å². The molecule has 2 rings (SSSR count). The number of hydrogen-bond acceptors (Lipinski definition) is 4. The topological polar surface area (TPSA) is 78.8 Å². The minimum atomic E-state index is -1.14. The fraction of sp³-hybridized carbons (Fsp3) is 0.133. The van der Waals surface area contributed by atoms with Crippen LogP contribution in [0.3, 0.4) is 0 Å². The summed E-state index contributed by atoms with van der Waals surface area (Å²) < 4.78 is 18.7. The Morgan fingerprint density at radius 2 is 2.05 bits per heavy atom. The number of phenolic OH excluding ortho intramolecular Hbond substituents is 1. The highest BCUT2D eigenvalue weighted by Crippen LogP contribution is 2.24. The highest BCUT2D eigenvalue weighted by atomic mass is 19.1. The lowest BCUT2D eigenvalue weighted by Gasteiger charge is -2.11. The van der Waals surface area contributed by atoms with E-state index in [2.05, 4.69) is 5.32 Å². The van der Waals surface area contributed by atoms with Crippen LogP contribution in [0.5, 0.6) is 11.5 Å². The molecule has 6 heteroatoms. The molecule has 0 saturated heterocycles. The molecular formula is C15H14FNO4. The number of carbonyl (C=O) groups is 1. The van der Waals surface area contributed by atoms with Gasteiger partial charge in [-0.2, -0.15) is 0 Å². The predicted octanol–water partition coefficient (Wildman–Crippen LogP) is 2.85. The van der Waals surface area contributed by atoms with Gasteiger partial charge in [-0.25, -0.2) is 9.18 Å². The summed E-state index contributed by atoms with van der Waals surface area (Å²) in [6, 6.07) is 8.16. The van der Waals surface area contributed by atoms with Crippen molar-refractivity contribution in [2.75, 3.05) is 12.4 Å². The van der Waals surface area contributed by atoms with Gasteiger partial charge in [0.2, 0.25) is 0 Å². The number of phenols is 1. The monoisotopic (exact) mass is 291 g/mol. The van der Waals surface area contributed by atoms with Crippen LogP contribution in [0, 0.1) is 5.82 Å². The van der Waals surface area contributed by atoms with E-state index >= 15 is 0 Å². The molecule has 21 heavy (non-hydrogen) atoms. The van der Waals surface area contributed by atoms with E-state index in [-0.39, 0.29) is 23.5 Å². The third-order valence-electron chi connectivity index (χ3n) is 2.97. The van der Waals surface area contributed by atoms with Gasteiger partial charge in [-0.3, -0.25) is 0 Å². The molecule has 0 amide bonds. The molecule has 0 spiro atoms. The highest BCUT2D eigenvalue weighted by molar-refractivity contribution is 5.88. The Balaban J connectivity index is 2.20. The van der Waals surface area contributed by atoms with E-state index in [1.165, 1.54) is 25.3 Å². The second-order valence-electron chi connectivity index (χ2n) is 4.35. The first-order valence-corrected chi connectivity index (χ1v) is 6.14. The van der Waals surface area contributed by atoms with Crippen molar-refractivity contribution < 1.29 is 24.1 Å². The van der Waals surface area contributed by atoms with E-state index in [1.807, 2.05) is 0 Å². The molecule has 110 valence electrons. The maximum absolute atomic E-state index is 13.6. The van der Waals surface area contributed by atoms with Crippen LogP contribution < -0.4 is 10.1 Å². The number of hydrogen-bond donors (Lipinski definition) is 3. The van der Waals surface area contributed by atoms with Gasteiger partial charge in [0.25, 0.3) is 0 Å². The fourth-order valence-corrected chi connectivity index (χ4v) is 1.81. The molecule has 0 radical (unpaired) electrons. The first-order chi connectivity index (χ1) is 10.0. The van der Waals surface area contributed by atoms with Crippen LogP contribution in [-0.4, -0.2) is 23.3 Å². The van der Waals surface area contributed by atoms with Crippen LogP contribution >= 0.6 is 0 Å². The molecule has 2 aromatic rings. The zero-order chi connectivity index (χ0) is 15.4. The maximum Gasteiger partial charge on any atom is 0.335 e. The van der Waals surface area contributed by atoms with Crippen molar-refractivity contribution in [3.63, 3.8) is 0 Å². The molecule has 0 aliphatic carbocycles. The molecule has 3 N–H and O–H groups in total. The predicted molar refractivity (Wildman–Crippen MR) is 75.3 cm³/mol. The summed E-state index contributed by atoms with van der Waals surface area (Å²) in [6.45, 7) is 0.128. The van der Waals surface area contributed by atoms with Crippen LogP contribution in [-0.2, 0) is 6.54 Å². The molecule has 0 unspecified atom stereocenters. The number of halogens is 1. The summed E-state index contributed by atoms with van der Waals surface area (Å²) in [4.78, 5) is 10.9. The van der Waals surface area contributed by atoms with E-state index in [0.29, 0.717) is 11.3 Å². The van der Waals surface area contributed by atoms with Crippen molar-refractivity contribution in [1.29, 1.82) is 0 Å². The van der Waals surface area contributed by atoms with Gasteiger partial charge in [-0.05, 0) is 36.4 Å².